The van der Waals surface area contributed by atoms with Crippen LogP contribution < -0.4 is 11.1 Å². The number of aromatic nitrogens is 2. The highest BCUT2D eigenvalue weighted by molar-refractivity contribution is 5.83. The average Bonchev–Trinajstić information content (AvgIpc) is 2.74. The van der Waals surface area contributed by atoms with Gasteiger partial charge in [0.25, 0.3) is 0 Å². The molecule has 1 amide bonds. The van der Waals surface area contributed by atoms with Crippen molar-refractivity contribution in [2.45, 2.75) is 33.4 Å². The zero-order valence-electron chi connectivity index (χ0n) is 12.6. The molecule has 0 bridgehead atoms. The number of carbonyl (C=O) groups excluding carboxylic acids is 1. The summed E-state index contributed by atoms with van der Waals surface area (Å²) >= 11 is 0. The van der Waals surface area contributed by atoms with Gasteiger partial charge in [-0.1, -0.05) is 13.8 Å². The lowest BCUT2D eigenvalue weighted by molar-refractivity contribution is -0.121. The van der Waals surface area contributed by atoms with Gasteiger partial charge in [-0.25, -0.2) is 4.98 Å². The van der Waals surface area contributed by atoms with Crippen LogP contribution in [0.25, 0.3) is 11.0 Å². The molecule has 0 aliphatic heterocycles. The number of nitrogens with one attached hydrogen (secondary N) is 1. The van der Waals surface area contributed by atoms with Crippen LogP contribution in [-0.4, -0.2) is 27.1 Å². The van der Waals surface area contributed by atoms with E-state index in [1.807, 2.05) is 19.9 Å². The van der Waals surface area contributed by atoms with Crippen molar-refractivity contribution in [3.63, 3.8) is 0 Å². The first-order valence-electron chi connectivity index (χ1n) is 7.09. The summed E-state index contributed by atoms with van der Waals surface area (Å²) in [5, 5.41) is 12.7. The number of hydrogen-bond donors (Lipinski definition) is 3. The van der Waals surface area contributed by atoms with Crippen molar-refractivity contribution in [3.8, 4) is 0 Å². The molecule has 0 radical (unpaired) electrons. The Balaban J connectivity index is 2.32. The van der Waals surface area contributed by atoms with Crippen LogP contribution >= 0.6 is 0 Å². The van der Waals surface area contributed by atoms with Crippen molar-refractivity contribution in [1.82, 2.24) is 14.9 Å². The van der Waals surface area contributed by atoms with E-state index < -0.39 is 6.10 Å². The van der Waals surface area contributed by atoms with E-state index in [9.17, 15) is 9.90 Å². The summed E-state index contributed by atoms with van der Waals surface area (Å²) in [6.07, 6.45) is -0.753. The number of amides is 1. The maximum absolute atomic E-state index is 12.0. The molecule has 0 spiro atoms. The Bertz CT molecular complexity index is 646. The molecule has 0 aliphatic rings. The monoisotopic (exact) mass is 290 g/mol. The van der Waals surface area contributed by atoms with Gasteiger partial charge in [0, 0.05) is 12.2 Å². The van der Waals surface area contributed by atoms with Crippen LogP contribution in [0.3, 0.4) is 0 Å². The van der Waals surface area contributed by atoms with Crippen LogP contribution in [0.5, 0.6) is 0 Å². The smallest absolute Gasteiger partial charge is 0.240 e. The van der Waals surface area contributed by atoms with Gasteiger partial charge in [-0.15, -0.1) is 0 Å². The lowest BCUT2D eigenvalue weighted by atomic mass is 10.2. The minimum absolute atomic E-state index is 0.0956. The number of anilines is 1. The molecule has 1 heterocycles. The van der Waals surface area contributed by atoms with Gasteiger partial charge < -0.3 is 20.7 Å². The number of imidazole rings is 1. The van der Waals surface area contributed by atoms with Crippen molar-refractivity contribution in [3.05, 3.63) is 24.0 Å². The molecule has 0 saturated carbocycles. The summed E-state index contributed by atoms with van der Waals surface area (Å²) in [5.41, 5.74) is 7.83. The van der Waals surface area contributed by atoms with Crippen LogP contribution in [0.4, 0.5) is 5.69 Å². The van der Waals surface area contributed by atoms with Gasteiger partial charge in [-0.3, -0.25) is 4.79 Å². The van der Waals surface area contributed by atoms with Gasteiger partial charge in [0.05, 0.1) is 11.0 Å². The maximum Gasteiger partial charge on any atom is 0.240 e. The van der Waals surface area contributed by atoms with Crippen LogP contribution in [-0.2, 0) is 11.3 Å². The van der Waals surface area contributed by atoms with E-state index in [2.05, 4.69) is 10.3 Å². The molecule has 1 aromatic carbocycles. The molecule has 0 fully saturated rings. The van der Waals surface area contributed by atoms with Crippen molar-refractivity contribution < 1.29 is 9.90 Å². The molecule has 1 unspecified atom stereocenters. The normalized spacial score (nSPS) is 12.8. The van der Waals surface area contributed by atoms with Gasteiger partial charge >= 0.3 is 0 Å². The molecule has 4 N–H and O–H groups in total. The molecule has 2 rings (SSSR count). The standard InChI is InChI=1S/C15H22N4O2/c1-9(2)7-17-14(21)8-19-13-5-4-11(16)6-12(13)18-15(19)10(3)20/h4-6,9-10,20H,7-8,16H2,1-3H3,(H,17,21). The molecule has 6 nitrogen and oxygen atoms in total. The molecular formula is C15H22N4O2. The Morgan fingerprint density at radius 2 is 2.14 bits per heavy atom. The number of carbonyl (C=O) groups is 1. The molecule has 1 aromatic heterocycles. The molecule has 0 saturated heterocycles. The summed E-state index contributed by atoms with van der Waals surface area (Å²) in [5.74, 6) is 0.765. The van der Waals surface area contributed by atoms with Crippen LogP contribution in [0.15, 0.2) is 18.2 Å². The highest BCUT2D eigenvalue weighted by Crippen LogP contribution is 2.22. The van der Waals surface area contributed by atoms with Crippen molar-refractivity contribution >= 4 is 22.6 Å². The van der Waals surface area contributed by atoms with E-state index in [1.54, 1.807) is 23.6 Å². The minimum atomic E-state index is -0.753. The van der Waals surface area contributed by atoms with Crippen molar-refractivity contribution in [2.75, 3.05) is 12.3 Å². The number of benzene rings is 1. The fourth-order valence-corrected chi connectivity index (χ4v) is 2.17. The molecular weight excluding hydrogens is 268 g/mol. The summed E-state index contributed by atoms with van der Waals surface area (Å²) in [7, 11) is 0. The van der Waals surface area contributed by atoms with Crippen molar-refractivity contribution in [2.24, 2.45) is 5.92 Å². The highest BCUT2D eigenvalue weighted by atomic mass is 16.3. The van der Waals surface area contributed by atoms with Gasteiger partial charge in [0.1, 0.15) is 18.5 Å². The van der Waals surface area contributed by atoms with E-state index in [0.717, 1.165) is 5.52 Å². The molecule has 1 atom stereocenters. The summed E-state index contributed by atoms with van der Waals surface area (Å²) in [6.45, 7) is 6.47. The average molecular weight is 290 g/mol. The predicted molar refractivity (Wildman–Crippen MR) is 82.6 cm³/mol. The van der Waals surface area contributed by atoms with E-state index >= 15 is 0 Å². The fourth-order valence-electron chi connectivity index (χ4n) is 2.17. The number of rotatable bonds is 5. The number of hydrogen-bond acceptors (Lipinski definition) is 4. The van der Waals surface area contributed by atoms with Gasteiger partial charge in [-0.2, -0.15) is 0 Å². The first kappa shape index (κ1) is 15.3. The van der Waals surface area contributed by atoms with Crippen molar-refractivity contribution in [1.29, 1.82) is 0 Å². The lowest BCUT2D eigenvalue weighted by Gasteiger charge is -2.12. The van der Waals surface area contributed by atoms with Gasteiger partial charge in [0.15, 0.2) is 0 Å². The Hall–Kier alpha value is -2.08. The number of aliphatic hydroxyl groups excluding tert-OH is 1. The minimum Gasteiger partial charge on any atom is -0.399 e. The largest absolute Gasteiger partial charge is 0.399 e. The first-order valence-corrected chi connectivity index (χ1v) is 7.09. The zero-order chi connectivity index (χ0) is 15.6. The van der Waals surface area contributed by atoms with E-state index in [1.165, 1.54) is 0 Å². The molecule has 21 heavy (non-hydrogen) atoms. The van der Waals surface area contributed by atoms with Gasteiger partial charge in [0.2, 0.25) is 5.91 Å². The Morgan fingerprint density at radius 1 is 1.43 bits per heavy atom. The van der Waals surface area contributed by atoms with Crippen LogP contribution in [0, 0.1) is 5.92 Å². The molecule has 6 heteroatoms. The highest BCUT2D eigenvalue weighted by Gasteiger charge is 2.17. The summed E-state index contributed by atoms with van der Waals surface area (Å²) in [4.78, 5) is 16.4. The molecule has 0 aliphatic carbocycles. The third-order valence-electron chi connectivity index (χ3n) is 3.18. The third-order valence-corrected chi connectivity index (χ3v) is 3.18. The molecule has 2 aromatic rings. The Morgan fingerprint density at radius 3 is 2.76 bits per heavy atom. The number of fused-ring (bicyclic) bond motifs is 1. The molecule has 114 valence electrons. The quantitative estimate of drug-likeness (QED) is 0.726. The third kappa shape index (κ3) is 3.52. The van der Waals surface area contributed by atoms with E-state index in [0.29, 0.717) is 29.5 Å². The zero-order valence-corrected chi connectivity index (χ0v) is 12.6. The van der Waals surface area contributed by atoms with E-state index in [-0.39, 0.29) is 12.5 Å². The van der Waals surface area contributed by atoms with E-state index in [4.69, 9.17) is 5.73 Å². The topological polar surface area (TPSA) is 93.2 Å². The summed E-state index contributed by atoms with van der Waals surface area (Å²) < 4.78 is 1.73. The predicted octanol–water partition coefficient (Wildman–Crippen LogP) is 1.44. The number of aliphatic hydroxyl groups is 1. The van der Waals surface area contributed by atoms with Gasteiger partial charge in [-0.05, 0) is 31.0 Å². The second kappa shape index (κ2) is 6.13. The fraction of sp³-hybridized carbons (Fsp3) is 0.467. The SMILES string of the molecule is CC(C)CNC(=O)Cn1c(C(C)O)nc2cc(N)ccc21. The Kier molecular flexibility index (Phi) is 4.47. The number of nitrogens with zero attached hydrogens (tertiary/aromatic N) is 2. The van der Waals surface area contributed by atoms with Crippen LogP contribution in [0.1, 0.15) is 32.7 Å². The second-order valence-corrected chi connectivity index (χ2v) is 5.68. The number of nitrogen functional groups attached to an aromatic ring is 1. The summed E-state index contributed by atoms with van der Waals surface area (Å²) in [6, 6.07) is 5.32. The first-order chi connectivity index (χ1) is 9.88. The lowest BCUT2D eigenvalue weighted by Crippen LogP contribution is -2.31. The Labute approximate surface area is 124 Å². The van der Waals surface area contributed by atoms with Crippen LogP contribution in [0.2, 0.25) is 0 Å². The maximum atomic E-state index is 12.0. The second-order valence-electron chi connectivity index (χ2n) is 5.68. The number of nitrogens with two attached hydrogens (primary N) is 1.